The Kier molecular flexibility index (Phi) is 4.70. The number of fused-ring (bicyclic) bond motifs is 1. The van der Waals surface area contributed by atoms with Gasteiger partial charge < -0.3 is 15.1 Å². The minimum atomic E-state index is -0.249. The lowest BCUT2D eigenvalue weighted by molar-refractivity contribution is -0.123. The van der Waals surface area contributed by atoms with Crippen LogP contribution in [0.4, 0.5) is 0 Å². The molecule has 2 N–H and O–H groups in total. The van der Waals surface area contributed by atoms with Crippen LogP contribution in [-0.2, 0) is 4.79 Å². The number of benzene rings is 1. The number of furan rings is 1. The molecule has 0 aliphatic carbocycles. The highest BCUT2D eigenvalue weighted by atomic mass is 16.3. The minimum Gasteiger partial charge on any atom is -0.463 e. The van der Waals surface area contributed by atoms with E-state index in [1.54, 1.807) is 6.26 Å². The summed E-state index contributed by atoms with van der Waals surface area (Å²) in [5.41, 5.74) is 9.37. The molecule has 2 saturated heterocycles. The van der Waals surface area contributed by atoms with Crippen LogP contribution in [0, 0.1) is 19.3 Å². The van der Waals surface area contributed by atoms with Crippen molar-refractivity contribution in [3.05, 3.63) is 35.1 Å². The Hall–Kier alpha value is -2.34. The molecule has 2 unspecified atom stereocenters. The van der Waals surface area contributed by atoms with Crippen molar-refractivity contribution in [2.45, 2.75) is 46.1 Å². The summed E-state index contributed by atoms with van der Waals surface area (Å²) in [6, 6.07) is 3.84. The van der Waals surface area contributed by atoms with Crippen molar-refractivity contribution in [3.8, 4) is 0 Å². The first-order valence-electron chi connectivity index (χ1n) is 10.1. The molecule has 0 bridgehead atoms. The van der Waals surface area contributed by atoms with Crippen LogP contribution in [0.1, 0.15) is 47.7 Å². The summed E-state index contributed by atoms with van der Waals surface area (Å²) in [4.78, 5) is 29.1. The first-order chi connectivity index (χ1) is 13.3. The molecule has 2 aliphatic rings. The molecule has 2 atom stereocenters. The Bertz CT molecular complexity index is 934. The van der Waals surface area contributed by atoms with E-state index in [-0.39, 0.29) is 23.3 Å². The molecular formula is C22H29N3O3. The van der Waals surface area contributed by atoms with Gasteiger partial charge in [-0.1, -0.05) is 6.92 Å². The van der Waals surface area contributed by atoms with E-state index in [9.17, 15) is 9.59 Å². The van der Waals surface area contributed by atoms with E-state index in [1.807, 2.05) is 30.9 Å². The maximum atomic E-state index is 13.2. The number of hydrogen-bond acceptors (Lipinski definition) is 4. The monoisotopic (exact) mass is 383 g/mol. The van der Waals surface area contributed by atoms with Crippen LogP contribution in [0.15, 0.2) is 22.8 Å². The van der Waals surface area contributed by atoms with E-state index in [0.29, 0.717) is 5.56 Å². The van der Waals surface area contributed by atoms with Gasteiger partial charge >= 0.3 is 0 Å². The first-order valence-corrected chi connectivity index (χ1v) is 10.1. The average Bonchev–Trinajstić information content (AvgIpc) is 3.36. The van der Waals surface area contributed by atoms with Crippen molar-refractivity contribution in [2.75, 3.05) is 26.2 Å². The van der Waals surface area contributed by atoms with Gasteiger partial charge in [0.15, 0.2) is 0 Å². The van der Waals surface area contributed by atoms with Gasteiger partial charge in [0, 0.05) is 30.4 Å². The Morgan fingerprint density at radius 1 is 1.18 bits per heavy atom. The quantitative estimate of drug-likeness (QED) is 0.880. The number of nitrogens with zero attached hydrogens (tertiary/aromatic N) is 2. The number of rotatable bonds is 4. The lowest BCUT2D eigenvalue weighted by atomic mass is 9.86. The van der Waals surface area contributed by atoms with Crippen LogP contribution in [0.5, 0.6) is 0 Å². The SMILES string of the molecule is CCC(C(N)=O)N1CCC2(CCN(C(=O)c3coc4cc(C)c(C)cc34)C2)C1. The molecule has 2 amide bonds. The number of aryl methyl sites for hydroxylation is 2. The normalized spacial score (nSPS) is 23.8. The standard InChI is InChI=1S/C22H29N3O3/c1-4-18(20(23)26)24-7-5-22(12-24)6-8-25(13-22)21(27)17-11-28-19-10-15(3)14(2)9-16(17)19/h9-11,18H,4-8,12-13H2,1-3H3,(H2,23,26). The smallest absolute Gasteiger partial charge is 0.257 e. The van der Waals surface area contributed by atoms with Gasteiger partial charge in [0.05, 0.1) is 11.6 Å². The molecule has 6 nitrogen and oxygen atoms in total. The molecular weight excluding hydrogens is 354 g/mol. The van der Waals surface area contributed by atoms with Crippen molar-refractivity contribution >= 4 is 22.8 Å². The van der Waals surface area contributed by atoms with Crippen LogP contribution in [0.3, 0.4) is 0 Å². The highest BCUT2D eigenvalue weighted by Crippen LogP contribution is 2.41. The number of primary amides is 1. The van der Waals surface area contributed by atoms with E-state index < -0.39 is 0 Å². The zero-order valence-electron chi connectivity index (χ0n) is 17.0. The number of hydrogen-bond donors (Lipinski definition) is 1. The van der Waals surface area contributed by atoms with Gasteiger partial charge in [-0.25, -0.2) is 0 Å². The molecule has 3 heterocycles. The van der Waals surface area contributed by atoms with Gasteiger partial charge in [-0.15, -0.1) is 0 Å². The van der Waals surface area contributed by atoms with Gasteiger partial charge in [0.2, 0.25) is 5.91 Å². The summed E-state index contributed by atoms with van der Waals surface area (Å²) < 4.78 is 5.66. The number of nitrogens with two attached hydrogens (primary N) is 1. The summed E-state index contributed by atoms with van der Waals surface area (Å²) >= 11 is 0. The van der Waals surface area contributed by atoms with Gasteiger partial charge in [0.1, 0.15) is 11.8 Å². The lowest BCUT2D eigenvalue weighted by Crippen LogP contribution is -2.44. The topological polar surface area (TPSA) is 79.8 Å². The largest absolute Gasteiger partial charge is 0.463 e. The fourth-order valence-electron chi connectivity index (χ4n) is 4.94. The van der Waals surface area contributed by atoms with E-state index in [4.69, 9.17) is 10.2 Å². The van der Waals surface area contributed by atoms with E-state index >= 15 is 0 Å². The molecule has 0 radical (unpaired) electrons. The highest BCUT2D eigenvalue weighted by molar-refractivity contribution is 6.06. The summed E-state index contributed by atoms with van der Waals surface area (Å²) in [6.07, 6.45) is 4.30. The zero-order valence-corrected chi connectivity index (χ0v) is 17.0. The zero-order chi connectivity index (χ0) is 20.1. The molecule has 1 aromatic carbocycles. The summed E-state index contributed by atoms with van der Waals surface area (Å²) in [7, 11) is 0. The van der Waals surface area contributed by atoms with Crippen molar-refractivity contribution < 1.29 is 14.0 Å². The maximum absolute atomic E-state index is 13.2. The third kappa shape index (κ3) is 3.09. The lowest BCUT2D eigenvalue weighted by Gasteiger charge is -2.28. The van der Waals surface area contributed by atoms with Gasteiger partial charge in [0.25, 0.3) is 5.91 Å². The van der Waals surface area contributed by atoms with E-state index in [1.165, 1.54) is 0 Å². The Balaban J connectivity index is 1.51. The van der Waals surface area contributed by atoms with Crippen LogP contribution >= 0.6 is 0 Å². The van der Waals surface area contributed by atoms with Crippen LogP contribution < -0.4 is 5.73 Å². The van der Waals surface area contributed by atoms with Crippen LogP contribution in [-0.4, -0.2) is 53.8 Å². The van der Waals surface area contributed by atoms with Crippen molar-refractivity contribution in [1.82, 2.24) is 9.80 Å². The van der Waals surface area contributed by atoms with E-state index in [2.05, 4.69) is 11.8 Å². The highest BCUT2D eigenvalue weighted by Gasteiger charge is 2.46. The first kappa shape index (κ1) is 19.0. The number of likely N-dealkylation sites (tertiary alicyclic amines) is 2. The second-order valence-corrected chi connectivity index (χ2v) is 8.61. The van der Waals surface area contributed by atoms with Crippen molar-refractivity contribution in [1.29, 1.82) is 0 Å². The number of carbonyl (C=O) groups excluding carboxylic acids is 2. The Labute approximate surface area is 165 Å². The molecule has 2 fully saturated rings. The van der Waals surface area contributed by atoms with Crippen LogP contribution in [0.25, 0.3) is 11.0 Å². The molecule has 4 rings (SSSR count). The minimum absolute atomic E-state index is 0.0410. The summed E-state index contributed by atoms with van der Waals surface area (Å²) in [6.45, 7) is 9.28. The molecule has 2 aromatic rings. The fraction of sp³-hybridized carbons (Fsp3) is 0.545. The molecule has 6 heteroatoms. The average molecular weight is 383 g/mol. The van der Waals surface area contributed by atoms with Crippen molar-refractivity contribution in [2.24, 2.45) is 11.1 Å². The molecule has 28 heavy (non-hydrogen) atoms. The fourth-order valence-corrected chi connectivity index (χ4v) is 4.94. The Morgan fingerprint density at radius 2 is 1.89 bits per heavy atom. The second-order valence-electron chi connectivity index (χ2n) is 8.61. The van der Waals surface area contributed by atoms with Gasteiger partial charge in [-0.05, 0) is 62.9 Å². The van der Waals surface area contributed by atoms with Gasteiger partial charge in [-0.3, -0.25) is 14.5 Å². The van der Waals surface area contributed by atoms with Crippen LogP contribution in [0.2, 0.25) is 0 Å². The molecule has 2 aliphatic heterocycles. The molecule has 1 spiro atoms. The second kappa shape index (κ2) is 6.92. The van der Waals surface area contributed by atoms with Gasteiger partial charge in [-0.2, -0.15) is 0 Å². The summed E-state index contributed by atoms with van der Waals surface area (Å²) in [5, 5.41) is 0.891. The predicted molar refractivity (Wildman–Crippen MR) is 108 cm³/mol. The molecule has 150 valence electrons. The number of carbonyl (C=O) groups is 2. The van der Waals surface area contributed by atoms with Crippen molar-refractivity contribution in [3.63, 3.8) is 0 Å². The van der Waals surface area contributed by atoms with E-state index in [0.717, 1.165) is 67.5 Å². The number of amides is 2. The Morgan fingerprint density at radius 3 is 2.61 bits per heavy atom. The predicted octanol–water partition coefficient (Wildman–Crippen LogP) is 2.85. The molecule has 1 aromatic heterocycles. The molecule has 0 saturated carbocycles. The summed E-state index contributed by atoms with van der Waals surface area (Å²) in [5.74, 6) is -0.208. The maximum Gasteiger partial charge on any atom is 0.257 e. The third-order valence-corrected chi connectivity index (χ3v) is 6.77. The third-order valence-electron chi connectivity index (χ3n) is 6.77.